The molecule has 1 atom stereocenters. The van der Waals surface area contributed by atoms with Gasteiger partial charge in [-0.1, -0.05) is 20.8 Å². The molecule has 1 aromatic heterocycles. The Morgan fingerprint density at radius 3 is 2.92 bits per heavy atom. The summed E-state index contributed by atoms with van der Waals surface area (Å²) in [6, 6.07) is 0.257. The minimum Gasteiger partial charge on any atom is -0.357 e. The number of nitrogens with one attached hydrogen (secondary N) is 2. The zero-order chi connectivity index (χ0) is 17.5. The number of rotatable bonds is 6. The number of guanidine groups is 1. The second kappa shape index (κ2) is 9.01. The fraction of sp³-hybridized carbons (Fsp3) is 0.706. The van der Waals surface area contributed by atoms with Crippen molar-refractivity contribution in [2.75, 3.05) is 19.6 Å². The van der Waals surface area contributed by atoms with Crippen LogP contribution in [-0.2, 0) is 17.8 Å². The Hall–Kier alpha value is -1.63. The SMILES string of the molecule is CCNC(=NCc1ncc(CC)s1)NC1CCN(C(=O)C(C)C)C1. The Bertz CT molecular complexity index is 569. The van der Waals surface area contributed by atoms with Crippen LogP contribution in [0.15, 0.2) is 11.2 Å². The van der Waals surface area contributed by atoms with Gasteiger partial charge in [-0.15, -0.1) is 11.3 Å². The second-order valence-electron chi connectivity index (χ2n) is 6.34. The van der Waals surface area contributed by atoms with Crippen LogP contribution in [0.2, 0.25) is 0 Å². The van der Waals surface area contributed by atoms with Gasteiger partial charge >= 0.3 is 0 Å². The summed E-state index contributed by atoms with van der Waals surface area (Å²) in [6.45, 7) is 11.1. The van der Waals surface area contributed by atoms with E-state index in [1.807, 2.05) is 24.9 Å². The monoisotopic (exact) mass is 351 g/mol. The first-order valence-corrected chi connectivity index (χ1v) is 9.62. The highest BCUT2D eigenvalue weighted by atomic mass is 32.1. The highest BCUT2D eigenvalue weighted by Gasteiger charge is 2.27. The lowest BCUT2D eigenvalue weighted by Crippen LogP contribution is -2.45. The number of amides is 1. The molecule has 0 saturated carbocycles. The standard InChI is InChI=1S/C17H29N5OS/c1-5-14-9-19-15(24-14)10-20-17(18-6-2)21-13-7-8-22(11-13)16(23)12(3)4/h9,12-13H,5-8,10-11H2,1-4H3,(H2,18,20,21). The van der Waals surface area contributed by atoms with E-state index in [4.69, 9.17) is 0 Å². The summed E-state index contributed by atoms with van der Waals surface area (Å²) in [6.07, 6.45) is 3.91. The van der Waals surface area contributed by atoms with Crippen molar-refractivity contribution in [3.63, 3.8) is 0 Å². The average molecular weight is 352 g/mol. The number of nitrogens with zero attached hydrogens (tertiary/aromatic N) is 3. The molecule has 1 aliphatic heterocycles. The van der Waals surface area contributed by atoms with Crippen LogP contribution in [0.5, 0.6) is 0 Å². The molecule has 0 bridgehead atoms. The van der Waals surface area contributed by atoms with Crippen LogP contribution in [0, 0.1) is 5.92 Å². The number of carbonyl (C=O) groups is 1. The van der Waals surface area contributed by atoms with Gasteiger partial charge in [0.2, 0.25) is 5.91 Å². The molecule has 6 nitrogen and oxygen atoms in total. The quantitative estimate of drug-likeness (QED) is 0.608. The van der Waals surface area contributed by atoms with Crippen molar-refractivity contribution in [1.82, 2.24) is 20.5 Å². The van der Waals surface area contributed by atoms with Crippen LogP contribution in [0.1, 0.15) is 44.0 Å². The molecule has 0 spiro atoms. The summed E-state index contributed by atoms with van der Waals surface area (Å²) >= 11 is 1.72. The first-order chi connectivity index (χ1) is 11.5. The summed E-state index contributed by atoms with van der Waals surface area (Å²) in [5.41, 5.74) is 0. The van der Waals surface area contributed by atoms with Gasteiger partial charge in [0, 0.05) is 42.7 Å². The first kappa shape index (κ1) is 18.7. The highest BCUT2D eigenvalue weighted by molar-refractivity contribution is 7.11. The normalized spacial score (nSPS) is 18.3. The van der Waals surface area contributed by atoms with E-state index < -0.39 is 0 Å². The summed E-state index contributed by atoms with van der Waals surface area (Å²) in [4.78, 5) is 24.4. The summed E-state index contributed by atoms with van der Waals surface area (Å²) in [7, 11) is 0. The van der Waals surface area contributed by atoms with Crippen molar-refractivity contribution < 1.29 is 4.79 Å². The maximum atomic E-state index is 12.1. The van der Waals surface area contributed by atoms with Gasteiger partial charge in [0.05, 0.1) is 6.54 Å². The van der Waals surface area contributed by atoms with Gasteiger partial charge in [0.25, 0.3) is 0 Å². The van der Waals surface area contributed by atoms with E-state index in [0.29, 0.717) is 6.54 Å². The second-order valence-corrected chi connectivity index (χ2v) is 7.54. The molecular weight excluding hydrogens is 322 g/mol. The van der Waals surface area contributed by atoms with Crippen molar-refractivity contribution in [3.05, 3.63) is 16.1 Å². The lowest BCUT2D eigenvalue weighted by molar-refractivity contribution is -0.133. The van der Waals surface area contributed by atoms with Crippen molar-refractivity contribution >= 4 is 23.2 Å². The van der Waals surface area contributed by atoms with Crippen molar-refractivity contribution in [2.24, 2.45) is 10.9 Å². The molecule has 2 rings (SSSR count). The topological polar surface area (TPSA) is 69.6 Å². The van der Waals surface area contributed by atoms with Gasteiger partial charge in [-0.25, -0.2) is 9.98 Å². The molecule has 2 heterocycles. The molecule has 7 heteroatoms. The molecule has 2 N–H and O–H groups in total. The molecule has 1 amide bonds. The summed E-state index contributed by atoms with van der Waals surface area (Å²) in [5.74, 6) is 1.09. The summed E-state index contributed by atoms with van der Waals surface area (Å²) < 4.78 is 0. The number of aliphatic imine (C=N–C) groups is 1. The number of hydrogen-bond donors (Lipinski definition) is 2. The number of aryl methyl sites for hydroxylation is 1. The fourth-order valence-corrected chi connectivity index (χ4v) is 3.47. The Morgan fingerprint density at radius 1 is 1.50 bits per heavy atom. The lowest BCUT2D eigenvalue weighted by atomic mass is 10.2. The number of carbonyl (C=O) groups excluding carboxylic acids is 1. The van der Waals surface area contributed by atoms with Crippen LogP contribution >= 0.6 is 11.3 Å². The van der Waals surface area contributed by atoms with E-state index in [1.54, 1.807) is 11.3 Å². The van der Waals surface area contributed by atoms with Crippen LogP contribution < -0.4 is 10.6 Å². The van der Waals surface area contributed by atoms with Crippen LogP contribution in [0.25, 0.3) is 0 Å². The van der Waals surface area contributed by atoms with E-state index in [9.17, 15) is 4.79 Å². The Morgan fingerprint density at radius 2 is 2.29 bits per heavy atom. The molecule has 0 aromatic carbocycles. The van der Waals surface area contributed by atoms with Gasteiger partial charge in [0.1, 0.15) is 5.01 Å². The molecular formula is C17H29N5OS. The number of likely N-dealkylation sites (tertiary alicyclic amines) is 1. The van der Waals surface area contributed by atoms with Gasteiger partial charge < -0.3 is 15.5 Å². The highest BCUT2D eigenvalue weighted by Crippen LogP contribution is 2.15. The van der Waals surface area contributed by atoms with Crippen molar-refractivity contribution in [2.45, 2.75) is 53.1 Å². The zero-order valence-electron chi connectivity index (χ0n) is 15.1. The zero-order valence-corrected chi connectivity index (χ0v) is 15.9. The van der Waals surface area contributed by atoms with E-state index in [0.717, 1.165) is 43.4 Å². The number of thiazole rings is 1. The van der Waals surface area contributed by atoms with Crippen molar-refractivity contribution in [1.29, 1.82) is 0 Å². The van der Waals surface area contributed by atoms with Crippen LogP contribution in [-0.4, -0.2) is 47.4 Å². The third kappa shape index (κ3) is 5.19. The third-order valence-corrected chi connectivity index (χ3v) is 5.13. The van der Waals surface area contributed by atoms with E-state index in [-0.39, 0.29) is 17.9 Å². The molecule has 0 aliphatic carbocycles. The minimum atomic E-state index is 0.0586. The molecule has 1 fully saturated rings. The molecule has 1 unspecified atom stereocenters. The molecule has 134 valence electrons. The average Bonchev–Trinajstić information content (AvgIpc) is 3.21. The molecule has 1 aromatic rings. The van der Waals surface area contributed by atoms with Gasteiger partial charge in [0.15, 0.2) is 5.96 Å². The number of aromatic nitrogens is 1. The van der Waals surface area contributed by atoms with Gasteiger partial charge in [-0.2, -0.15) is 0 Å². The predicted molar refractivity (Wildman–Crippen MR) is 99.3 cm³/mol. The molecule has 1 aliphatic rings. The Balaban J connectivity index is 1.91. The van der Waals surface area contributed by atoms with Crippen molar-refractivity contribution in [3.8, 4) is 0 Å². The summed E-state index contributed by atoms with van der Waals surface area (Å²) in [5, 5.41) is 7.77. The predicted octanol–water partition coefficient (Wildman–Crippen LogP) is 2.02. The van der Waals surface area contributed by atoms with Gasteiger partial charge in [-0.05, 0) is 19.8 Å². The van der Waals surface area contributed by atoms with Gasteiger partial charge in [-0.3, -0.25) is 4.79 Å². The molecule has 0 radical (unpaired) electrons. The van der Waals surface area contributed by atoms with E-state index >= 15 is 0 Å². The van der Waals surface area contributed by atoms with E-state index in [2.05, 4.69) is 34.5 Å². The lowest BCUT2D eigenvalue weighted by Gasteiger charge is -2.20. The first-order valence-electron chi connectivity index (χ1n) is 8.80. The number of hydrogen-bond acceptors (Lipinski definition) is 4. The third-order valence-electron chi connectivity index (χ3n) is 4.00. The maximum Gasteiger partial charge on any atom is 0.225 e. The largest absolute Gasteiger partial charge is 0.357 e. The Labute approximate surface area is 148 Å². The maximum absolute atomic E-state index is 12.1. The molecule has 24 heavy (non-hydrogen) atoms. The smallest absolute Gasteiger partial charge is 0.225 e. The van der Waals surface area contributed by atoms with Crippen LogP contribution in [0.4, 0.5) is 0 Å². The van der Waals surface area contributed by atoms with Crippen LogP contribution in [0.3, 0.4) is 0 Å². The molecule has 1 saturated heterocycles. The minimum absolute atomic E-state index is 0.0586. The van der Waals surface area contributed by atoms with E-state index in [1.165, 1.54) is 4.88 Å². The fourth-order valence-electron chi connectivity index (χ4n) is 2.69. The Kier molecular flexibility index (Phi) is 7.02.